The van der Waals surface area contributed by atoms with Gasteiger partial charge in [0.1, 0.15) is 0 Å². The Balaban J connectivity index is 1.64. The highest BCUT2D eigenvalue weighted by Gasteiger charge is 2.41. The van der Waals surface area contributed by atoms with Gasteiger partial charge in [0.05, 0.1) is 21.4 Å². The fourth-order valence-electron chi connectivity index (χ4n) is 4.27. The van der Waals surface area contributed by atoms with Gasteiger partial charge < -0.3 is 15.5 Å². The monoisotopic (exact) mass is 426 g/mol. The number of aromatic hydroxyl groups is 2. The van der Waals surface area contributed by atoms with Crippen molar-refractivity contribution in [1.29, 1.82) is 0 Å². The number of nitrogens with one attached hydrogen (secondary N) is 1. The Bertz CT molecular complexity index is 1150. The molecule has 2 bridgehead atoms. The first-order valence-corrected chi connectivity index (χ1v) is 9.92. The molecule has 0 aliphatic heterocycles. The molecule has 0 spiro atoms. The zero-order valence-corrected chi connectivity index (χ0v) is 16.6. The van der Waals surface area contributed by atoms with Crippen LogP contribution in [0, 0.1) is 0 Å². The summed E-state index contributed by atoms with van der Waals surface area (Å²) in [6.45, 7) is 0. The topological polar surface area (TPSA) is 74.5 Å². The zero-order valence-electron chi connectivity index (χ0n) is 15.1. The lowest BCUT2D eigenvalue weighted by Crippen LogP contribution is -2.14. The Labute approximate surface area is 176 Å². The SMILES string of the molecule is O=C(Nc1cc(Cl)c(Cl)cc1-n1c(O)c2c(c1O)C1C=CC2C1)c1ccccc1. The number of hydrogen-bond acceptors (Lipinski definition) is 3. The molecule has 2 atom stereocenters. The largest absolute Gasteiger partial charge is 0.494 e. The molecule has 5 nitrogen and oxygen atoms in total. The van der Waals surface area contributed by atoms with E-state index in [0.717, 1.165) is 17.5 Å². The number of anilines is 1. The molecule has 0 fully saturated rings. The Kier molecular flexibility index (Phi) is 4.12. The van der Waals surface area contributed by atoms with Crippen molar-refractivity contribution in [3.63, 3.8) is 0 Å². The van der Waals surface area contributed by atoms with E-state index in [1.165, 1.54) is 16.7 Å². The molecular formula is C22H16Cl2N2O3. The molecule has 2 aromatic carbocycles. The second kappa shape index (κ2) is 6.58. The van der Waals surface area contributed by atoms with Crippen LogP contribution in [0.5, 0.6) is 11.8 Å². The molecule has 1 heterocycles. The Morgan fingerprint density at radius 1 is 0.966 bits per heavy atom. The van der Waals surface area contributed by atoms with Gasteiger partial charge in [0.15, 0.2) is 0 Å². The number of halogens is 2. The number of amides is 1. The highest BCUT2D eigenvalue weighted by Crippen LogP contribution is 2.57. The fourth-order valence-corrected chi connectivity index (χ4v) is 4.60. The third-order valence-corrected chi connectivity index (χ3v) is 6.31. The second-order valence-corrected chi connectivity index (χ2v) is 8.06. The van der Waals surface area contributed by atoms with E-state index in [4.69, 9.17) is 23.2 Å². The van der Waals surface area contributed by atoms with Crippen LogP contribution in [0.1, 0.15) is 39.7 Å². The number of nitrogens with zero attached hydrogens (tertiary/aromatic N) is 1. The first-order chi connectivity index (χ1) is 14.0. The highest BCUT2D eigenvalue weighted by molar-refractivity contribution is 6.42. The van der Waals surface area contributed by atoms with Crippen molar-refractivity contribution >= 4 is 34.8 Å². The van der Waals surface area contributed by atoms with Crippen LogP contribution in [-0.4, -0.2) is 20.7 Å². The fraction of sp³-hybridized carbons (Fsp3) is 0.136. The van der Waals surface area contributed by atoms with Gasteiger partial charge in [0, 0.05) is 28.5 Å². The van der Waals surface area contributed by atoms with Crippen LogP contribution in [0.4, 0.5) is 5.69 Å². The molecule has 0 radical (unpaired) electrons. The van der Waals surface area contributed by atoms with E-state index in [9.17, 15) is 15.0 Å². The van der Waals surface area contributed by atoms with Crippen molar-refractivity contribution in [3.05, 3.63) is 81.4 Å². The summed E-state index contributed by atoms with van der Waals surface area (Å²) in [5, 5.41) is 25.1. The van der Waals surface area contributed by atoms with Crippen molar-refractivity contribution in [2.75, 3.05) is 5.32 Å². The summed E-state index contributed by atoms with van der Waals surface area (Å²) < 4.78 is 1.32. The van der Waals surface area contributed by atoms with E-state index in [2.05, 4.69) is 5.32 Å². The van der Waals surface area contributed by atoms with Gasteiger partial charge in [-0.2, -0.15) is 0 Å². The summed E-state index contributed by atoms with van der Waals surface area (Å²) in [6, 6.07) is 11.8. The van der Waals surface area contributed by atoms with Gasteiger partial charge in [-0.05, 0) is 30.7 Å². The van der Waals surface area contributed by atoms with Crippen LogP contribution in [-0.2, 0) is 0 Å². The lowest BCUT2D eigenvalue weighted by atomic mass is 10.0. The van der Waals surface area contributed by atoms with Crippen LogP contribution in [0.15, 0.2) is 54.6 Å². The number of aromatic nitrogens is 1. The molecule has 5 rings (SSSR count). The maximum Gasteiger partial charge on any atom is 0.255 e. The van der Waals surface area contributed by atoms with Crippen molar-refractivity contribution in [1.82, 2.24) is 4.57 Å². The molecule has 0 saturated heterocycles. The van der Waals surface area contributed by atoms with Crippen LogP contribution in [0.3, 0.4) is 0 Å². The number of allylic oxidation sites excluding steroid dienone is 2. The molecule has 3 N–H and O–H groups in total. The lowest BCUT2D eigenvalue weighted by Gasteiger charge is -2.16. The van der Waals surface area contributed by atoms with E-state index in [1.54, 1.807) is 24.3 Å². The molecule has 29 heavy (non-hydrogen) atoms. The molecule has 146 valence electrons. The standard InChI is InChI=1S/C22H16Cl2N2O3/c23-14-9-16(25-20(27)11-4-2-1-3-5-11)17(10-15(14)24)26-21(28)18-12-6-7-13(8-12)19(18)22(26)29/h1-7,9-10,12-13,28-29H,8H2,(H,25,27). The summed E-state index contributed by atoms with van der Waals surface area (Å²) in [6.07, 6.45) is 4.94. The van der Waals surface area contributed by atoms with Gasteiger partial charge in [-0.25, -0.2) is 4.57 Å². The van der Waals surface area contributed by atoms with Gasteiger partial charge >= 0.3 is 0 Å². The van der Waals surface area contributed by atoms with E-state index in [0.29, 0.717) is 16.9 Å². The minimum atomic E-state index is -0.342. The average molecular weight is 427 g/mol. The lowest BCUT2D eigenvalue weighted by molar-refractivity contribution is 0.102. The second-order valence-electron chi connectivity index (χ2n) is 7.25. The number of rotatable bonds is 3. The Morgan fingerprint density at radius 2 is 1.55 bits per heavy atom. The molecule has 1 amide bonds. The summed E-state index contributed by atoms with van der Waals surface area (Å²) in [7, 11) is 0. The maximum atomic E-state index is 12.7. The molecule has 2 unspecified atom stereocenters. The van der Waals surface area contributed by atoms with E-state index < -0.39 is 0 Å². The number of hydrogen-bond donors (Lipinski definition) is 3. The normalized spacial score (nSPS) is 18.8. The van der Waals surface area contributed by atoms with Crippen LogP contribution in [0.2, 0.25) is 10.0 Å². The quantitative estimate of drug-likeness (QED) is 0.477. The Hall–Kier alpha value is -2.89. The molecule has 2 aliphatic rings. The molecule has 0 saturated carbocycles. The molecule has 3 aromatic rings. The van der Waals surface area contributed by atoms with Gasteiger partial charge in [0.25, 0.3) is 5.91 Å². The van der Waals surface area contributed by atoms with Gasteiger partial charge in [-0.1, -0.05) is 53.6 Å². The molecule has 7 heteroatoms. The average Bonchev–Trinajstić information content (AvgIpc) is 3.39. The summed E-state index contributed by atoms with van der Waals surface area (Å²) >= 11 is 12.4. The third kappa shape index (κ3) is 2.73. The van der Waals surface area contributed by atoms with E-state index >= 15 is 0 Å². The number of carbonyl (C=O) groups excluding carboxylic acids is 1. The minimum absolute atomic E-state index is 0.0528. The summed E-state index contributed by atoms with van der Waals surface area (Å²) in [5.74, 6) is -0.295. The molecule has 1 aromatic heterocycles. The van der Waals surface area contributed by atoms with Crippen molar-refractivity contribution in [3.8, 4) is 17.4 Å². The van der Waals surface area contributed by atoms with Crippen LogP contribution < -0.4 is 5.32 Å². The molecular weight excluding hydrogens is 411 g/mol. The predicted octanol–water partition coefficient (Wildman–Crippen LogP) is 5.59. The smallest absolute Gasteiger partial charge is 0.255 e. The van der Waals surface area contributed by atoms with Crippen molar-refractivity contribution in [2.24, 2.45) is 0 Å². The highest BCUT2D eigenvalue weighted by atomic mass is 35.5. The Morgan fingerprint density at radius 3 is 2.17 bits per heavy atom. The number of benzene rings is 2. The third-order valence-electron chi connectivity index (χ3n) is 5.58. The van der Waals surface area contributed by atoms with E-state index in [1.807, 2.05) is 18.2 Å². The van der Waals surface area contributed by atoms with Crippen LogP contribution >= 0.6 is 23.2 Å². The zero-order chi connectivity index (χ0) is 20.3. The minimum Gasteiger partial charge on any atom is -0.494 e. The van der Waals surface area contributed by atoms with Crippen molar-refractivity contribution < 1.29 is 15.0 Å². The van der Waals surface area contributed by atoms with Gasteiger partial charge in [-0.15, -0.1) is 0 Å². The van der Waals surface area contributed by atoms with Crippen molar-refractivity contribution in [2.45, 2.75) is 18.3 Å². The summed E-state index contributed by atoms with van der Waals surface area (Å²) in [5.41, 5.74) is 2.58. The first-order valence-electron chi connectivity index (χ1n) is 9.16. The van der Waals surface area contributed by atoms with Crippen LogP contribution in [0.25, 0.3) is 5.69 Å². The maximum absolute atomic E-state index is 12.7. The van der Waals surface area contributed by atoms with Gasteiger partial charge in [-0.3, -0.25) is 4.79 Å². The first kappa shape index (κ1) is 18.2. The predicted molar refractivity (Wildman–Crippen MR) is 113 cm³/mol. The number of carbonyl (C=O) groups is 1. The summed E-state index contributed by atoms with van der Waals surface area (Å²) in [4.78, 5) is 12.7. The number of fused-ring (bicyclic) bond motifs is 5. The van der Waals surface area contributed by atoms with Gasteiger partial charge in [0.2, 0.25) is 11.8 Å². The van der Waals surface area contributed by atoms with E-state index in [-0.39, 0.29) is 39.5 Å². The molecule has 2 aliphatic carbocycles.